The molecular formula is C12H18O2. The van der Waals surface area contributed by atoms with Gasteiger partial charge in [-0.3, -0.25) is 4.79 Å². The molecule has 0 N–H and O–H groups in total. The highest BCUT2D eigenvalue weighted by Gasteiger charge is 2.14. The minimum absolute atomic E-state index is 0.00745. The Balaban J connectivity index is 2.73. The molecule has 14 heavy (non-hydrogen) atoms. The summed E-state index contributed by atoms with van der Waals surface area (Å²) in [6.07, 6.45) is 2.66. The van der Waals surface area contributed by atoms with Crippen LogP contribution in [0.15, 0.2) is 16.7 Å². The summed E-state index contributed by atoms with van der Waals surface area (Å²) in [6.45, 7) is 8.06. The molecule has 78 valence electrons. The number of rotatable bonds is 4. The van der Waals surface area contributed by atoms with E-state index < -0.39 is 0 Å². The fraction of sp³-hybridized carbons (Fsp3) is 0.583. The van der Waals surface area contributed by atoms with Crippen LogP contribution in [-0.2, 0) is 6.42 Å². The topological polar surface area (TPSA) is 30.2 Å². The van der Waals surface area contributed by atoms with Crippen LogP contribution in [0.4, 0.5) is 0 Å². The first-order valence-corrected chi connectivity index (χ1v) is 5.12. The van der Waals surface area contributed by atoms with Crippen LogP contribution in [-0.4, -0.2) is 5.78 Å². The summed E-state index contributed by atoms with van der Waals surface area (Å²) in [5, 5.41) is 0. The lowest BCUT2D eigenvalue weighted by atomic mass is 10.0. The Kier molecular flexibility index (Phi) is 3.50. The zero-order chi connectivity index (χ0) is 10.7. The van der Waals surface area contributed by atoms with Gasteiger partial charge in [-0.05, 0) is 24.0 Å². The van der Waals surface area contributed by atoms with Crippen molar-refractivity contribution in [2.45, 2.75) is 34.1 Å². The fourth-order valence-electron chi connectivity index (χ4n) is 1.37. The standard InChI is InChI=1S/C12H18O2/c1-8(2)5-10-6-11(14-7-10)12(13)9(3)4/h6-9H,5H2,1-4H3. The van der Waals surface area contributed by atoms with E-state index in [1.54, 1.807) is 6.26 Å². The van der Waals surface area contributed by atoms with Crippen molar-refractivity contribution in [3.63, 3.8) is 0 Å². The zero-order valence-electron chi connectivity index (χ0n) is 9.33. The van der Waals surface area contributed by atoms with Gasteiger partial charge in [-0.2, -0.15) is 0 Å². The molecule has 1 rings (SSSR count). The second-order valence-electron chi connectivity index (χ2n) is 4.44. The molecule has 0 aliphatic carbocycles. The molecule has 0 radical (unpaired) electrons. The third kappa shape index (κ3) is 2.72. The van der Waals surface area contributed by atoms with E-state index in [0.717, 1.165) is 12.0 Å². The van der Waals surface area contributed by atoms with Gasteiger partial charge in [-0.25, -0.2) is 0 Å². The Morgan fingerprint density at radius 2 is 2.00 bits per heavy atom. The molecule has 0 aliphatic rings. The number of furan rings is 1. The van der Waals surface area contributed by atoms with Gasteiger partial charge >= 0.3 is 0 Å². The number of Topliss-reactive ketones (excluding diaryl/α,β-unsaturated/α-hetero) is 1. The number of carbonyl (C=O) groups is 1. The molecule has 1 heterocycles. The van der Waals surface area contributed by atoms with Gasteiger partial charge in [0.1, 0.15) is 0 Å². The van der Waals surface area contributed by atoms with Gasteiger partial charge in [-0.1, -0.05) is 27.7 Å². The third-order valence-electron chi connectivity index (χ3n) is 2.06. The highest BCUT2D eigenvalue weighted by Crippen LogP contribution is 2.15. The van der Waals surface area contributed by atoms with Crippen LogP contribution in [0.5, 0.6) is 0 Å². The maximum atomic E-state index is 11.5. The second kappa shape index (κ2) is 4.45. The van der Waals surface area contributed by atoms with Crippen molar-refractivity contribution in [3.8, 4) is 0 Å². The molecule has 0 unspecified atom stereocenters. The molecule has 1 aromatic heterocycles. The summed E-state index contributed by atoms with van der Waals surface area (Å²) < 4.78 is 5.24. The summed E-state index contributed by atoms with van der Waals surface area (Å²) in [6, 6.07) is 1.86. The van der Waals surface area contributed by atoms with E-state index in [0.29, 0.717) is 11.7 Å². The molecule has 0 aliphatic heterocycles. The SMILES string of the molecule is CC(C)Cc1coc(C(=O)C(C)C)c1. The number of ketones is 1. The molecule has 0 spiro atoms. The number of carbonyl (C=O) groups excluding carboxylic acids is 1. The molecule has 2 heteroatoms. The van der Waals surface area contributed by atoms with E-state index in [9.17, 15) is 4.79 Å². The summed E-state index contributed by atoms with van der Waals surface area (Å²) in [5.74, 6) is 1.18. The van der Waals surface area contributed by atoms with Gasteiger partial charge in [0.25, 0.3) is 0 Å². The first-order chi connectivity index (χ1) is 6.50. The van der Waals surface area contributed by atoms with E-state index in [-0.39, 0.29) is 11.7 Å². The fourth-order valence-corrected chi connectivity index (χ4v) is 1.37. The molecule has 0 saturated heterocycles. The summed E-state index contributed by atoms with van der Waals surface area (Å²) in [7, 11) is 0. The van der Waals surface area contributed by atoms with Crippen molar-refractivity contribution < 1.29 is 9.21 Å². The van der Waals surface area contributed by atoms with E-state index in [2.05, 4.69) is 13.8 Å². The molecule has 0 fully saturated rings. The smallest absolute Gasteiger partial charge is 0.200 e. The van der Waals surface area contributed by atoms with Crippen LogP contribution in [0.3, 0.4) is 0 Å². The van der Waals surface area contributed by atoms with Gasteiger partial charge in [0.15, 0.2) is 11.5 Å². The lowest BCUT2D eigenvalue weighted by Crippen LogP contribution is -2.05. The molecule has 1 aromatic rings. The zero-order valence-corrected chi connectivity index (χ0v) is 9.33. The average Bonchev–Trinajstić information content (AvgIpc) is 2.50. The Morgan fingerprint density at radius 3 is 2.50 bits per heavy atom. The Hall–Kier alpha value is -1.05. The lowest BCUT2D eigenvalue weighted by Gasteiger charge is -1.99. The summed E-state index contributed by atoms with van der Waals surface area (Å²) in [5.41, 5.74) is 1.11. The van der Waals surface area contributed by atoms with Crippen molar-refractivity contribution in [1.82, 2.24) is 0 Å². The van der Waals surface area contributed by atoms with Gasteiger partial charge in [0, 0.05) is 5.92 Å². The second-order valence-corrected chi connectivity index (χ2v) is 4.44. The Morgan fingerprint density at radius 1 is 1.36 bits per heavy atom. The number of hydrogen-bond acceptors (Lipinski definition) is 2. The Bertz CT molecular complexity index is 308. The van der Waals surface area contributed by atoms with Gasteiger partial charge in [0.05, 0.1) is 6.26 Å². The van der Waals surface area contributed by atoms with Crippen LogP contribution >= 0.6 is 0 Å². The van der Waals surface area contributed by atoms with E-state index in [1.165, 1.54) is 0 Å². The summed E-state index contributed by atoms with van der Waals surface area (Å²) >= 11 is 0. The molecule has 0 atom stereocenters. The molecule has 0 amide bonds. The average molecular weight is 194 g/mol. The van der Waals surface area contributed by atoms with Crippen LogP contribution in [0, 0.1) is 11.8 Å². The monoisotopic (exact) mass is 194 g/mol. The highest BCUT2D eigenvalue weighted by molar-refractivity contribution is 5.94. The van der Waals surface area contributed by atoms with Crippen LogP contribution in [0.25, 0.3) is 0 Å². The van der Waals surface area contributed by atoms with E-state index in [1.807, 2.05) is 19.9 Å². The van der Waals surface area contributed by atoms with Gasteiger partial charge in [0.2, 0.25) is 0 Å². The molecular weight excluding hydrogens is 176 g/mol. The van der Waals surface area contributed by atoms with Crippen LogP contribution in [0.2, 0.25) is 0 Å². The predicted molar refractivity (Wildman–Crippen MR) is 56.4 cm³/mol. The number of hydrogen-bond donors (Lipinski definition) is 0. The first-order valence-electron chi connectivity index (χ1n) is 5.12. The lowest BCUT2D eigenvalue weighted by molar-refractivity contribution is 0.0911. The molecule has 0 aromatic carbocycles. The Labute approximate surface area is 85.3 Å². The largest absolute Gasteiger partial charge is 0.461 e. The van der Waals surface area contributed by atoms with Crippen molar-refractivity contribution in [2.24, 2.45) is 11.8 Å². The first kappa shape index (κ1) is 11.0. The van der Waals surface area contributed by atoms with E-state index in [4.69, 9.17) is 4.42 Å². The maximum absolute atomic E-state index is 11.5. The van der Waals surface area contributed by atoms with Gasteiger partial charge < -0.3 is 4.42 Å². The maximum Gasteiger partial charge on any atom is 0.200 e. The van der Waals surface area contributed by atoms with E-state index >= 15 is 0 Å². The van der Waals surface area contributed by atoms with Crippen molar-refractivity contribution in [1.29, 1.82) is 0 Å². The molecule has 0 saturated carbocycles. The molecule has 2 nitrogen and oxygen atoms in total. The van der Waals surface area contributed by atoms with Crippen molar-refractivity contribution in [2.75, 3.05) is 0 Å². The van der Waals surface area contributed by atoms with Gasteiger partial charge in [-0.15, -0.1) is 0 Å². The minimum Gasteiger partial charge on any atom is -0.461 e. The normalized spacial score (nSPS) is 11.3. The minimum atomic E-state index is 0.00745. The highest BCUT2D eigenvalue weighted by atomic mass is 16.3. The van der Waals surface area contributed by atoms with Crippen molar-refractivity contribution in [3.05, 3.63) is 23.7 Å². The van der Waals surface area contributed by atoms with Crippen LogP contribution in [0.1, 0.15) is 43.8 Å². The quantitative estimate of drug-likeness (QED) is 0.688. The van der Waals surface area contributed by atoms with Crippen molar-refractivity contribution >= 4 is 5.78 Å². The molecule has 0 bridgehead atoms. The van der Waals surface area contributed by atoms with Crippen LogP contribution < -0.4 is 0 Å². The third-order valence-corrected chi connectivity index (χ3v) is 2.06. The summed E-state index contributed by atoms with van der Waals surface area (Å²) in [4.78, 5) is 11.5. The predicted octanol–water partition coefficient (Wildman–Crippen LogP) is 3.32.